The molecule has 2 aliphatic rings. The van der Waals surface area contributed by atoms with Crippen LogP contribution in [0.5, 0.6) is 0 Å². The van der Waals surface area contributed by atoms with Crippen molar-refractivity contribution >= 4 is 5.91 Å². The summed E-state index contributed by atoms with van der Waals surface area (Å²) in [4.78, 5) is 14.1. The molecule has 0 aromatic rings. The van der Waals surface area contributed by atoms with Gasteiger partial charge in [0.1, 0.15) is 0 Å². The summed E-state index contributed by atoms with van der Waals surface area (Å²) >= 11 is 0. The summed E-state index contributed by atoms with van der Waals surface area (Å²) in [6, 6.07) is 0. The normalized spacial score (nSPS) is 28.1. The molecule has 4 heteroatoms. The van der Waals surface area contributed by atoms with Crippen molar-refractivity contribution in [1.29, 1.82) is 0 Å². The molecule has 0 saturated carbocycles. The Balaban J connectivity index is 1.81. The molecule has 0 unspecified atom stereocenters. The minimum Gasteiger partial charge on any atom is -0.342 e. The van der Waals surface area contributed by atoms with Crippen LogP contribution in [0, 0.1) is 11.8 Å². The average molecular weight is 228 g/mol. The summed E-state index contributed by atoms with van der Waals surface area (Å²) in [6.45, 7) is 3.14. The molecule has 92 valence electrons. The van der Waals surface area contributed by atoms with Crippen molar-refractivity contribution in [2.75, 3.05) is 32.9 Å². The van der Waals surface area contributed by atoms with Gasteiger partial charge in [-0.05, 0) is 38.1 Å². The number of likely N-dealkylation sites (tertiary alicyclic amines) is 1. The Morgan fingerprint density at radius 3 is 2.62 bits per heavy atom. The van der Waals surface area contributed by atoms with Crippen LogP contribution in [0.25, 0.3) is 0 Å². The first-order chi connectivity index (χ1) is 7.81. The molecular weight excluding hydrogens is 207 g/mol. The fourth-order valence-corrected chi connectivity index (χ4v) is 2.63. The summed E-state index contributed by atoms with van der Waals surface area (Å²) < 4.78 is 12.4. The van der Waals surface area contributed by atoms with Gasteiger partial charge in [0.25, 0.3) is 0 Å². The van der Waals surface area contributed by atoms with Gasteiger partial charge in [0.15, 0.2) is 0 Å². The number of halogens is 1. The molecule has 1 amide bonds. The second-order valence-corrected chi connectivity index (χ2v) is 4.97. The Morgan fingerprint density at radius 1 is 1.31 bits per heavy atom. The Labute approximate surface area is 96.4 Å². The molecule has 3 nitrogen and oxygen atoms in total. The number of hydrogen-bond donors (Lipinski definition) is 1. The molecule has 2 heterocycles. The number of nitrogens with one attached hydrogen (secondary N) is 1. The highest BCUT2D eigenvalue weighted by molar-refractivity contribution is 5.79. The monoisotopic (exact) mass is 228 g/mol. The van der Waals surface area contributed by atoms with E-state index in [0.717, 1.165) is 51.9 Å². The predicted octanol–water partition coefficient (Wildman–Crippen LogP) is 1.19. The maximum atomic E-state index is 12.4. The van der Waals surface area contributed by atoms with Crippen molar-refractivity contribution in [1.82, 2.24) is 10.2 Å². The summed E-state index contributed by atoms with van der Waals surface area (Å²) in [7, 11) is 0. The van der Waals surface area contributed by atoms with Gasteiger partial charge in [-0.2, -0.15) is 0 Å². The van der Waals surface area contributed by atoms with Gasteiger partial charge in [0, 0.05) is 19.6 Å². The fourth-order valence-electron chi connectivity index (χ4n) is 2.63. The molecule has 1 atom stereocenters. The number of carbonyl (C=O) groups is 1. The van der Waals surface area contributed by atoms with Gasteiger partial charge in [-0.3, -0.25) is 9.18 Å². The lowest BCUT2D eigenvalue weighted by molar-refractivity contribution is -0.137. The van der Waals surface area contributed by atoms with Crippen molar-refractivity contribution < 1.29 is 9.18 Å². The number of nitrogens with zero attached hydrogens (tertiary/aromatic N) is 1. The lowest BCUT2D eigenvalue weighted by Gasteiger charge is -2.34. The smallest absolute Gasteiger partial charge is 0.226 e. The summed E-state index contributed by atoms with van der Waals surface area (Å²) in [5.74, 6) is 0.633. The van der Waals surface area contributed by atoms with Gasteiger partial charge in [0.05, 0.1) is 12.6 Å². The van der Waals surface area contributed by atoms with Crippen LogP contribution in [0.2, 0.25) is 0 Å². The van der Waals surface area contributed by atoms with Crippen molar-refractivity contribution in [2.24, 2.45) is 11.8 Å². The highest BCUT2D eigenvalue weighted by Gasteiger charge is 2.28. The second-order valence-electron chi connectivity index (χ2n) is 4.97. The van der Waals surface area contributed by atoms with Crippen LogP contribution in [0.15, 0.2) is 0 Å². The van der Waals surface area contributed by atoms with Gasteiger partial charge >= 0.3 is 0 Å². The molecule has 2 fully saturated rings. The van der Waals surface area contributed by atoms with E-state index in [1.54, 1.807) is 0 Å². The van der Waals surface area contributed by atoms with E-state index in [1.807, 2.05) is 4.90 Å². The molecule has 2 aliphatic heterocycles. The van der Waals surface area contributed by atoms with E-state index in [-0.39, 0.29) is 24.4 Å². The molecule has 0 spiro atoms. The first-order valence-electron chi connectivity index (χ1n) is 6.36. The zero-order chi connectivity index (χ0) is 11.4. The first-order valence-corrected chi connectivity index (χ1v) is 6.36. The van der Waals surface area contributed by atoms with Crippen LogP contribution in [-0.4, -0.2) is 43.7 Å². The van der Waals surface area contributed by atoms with E-state index >= 15 is 0 Å². The molecule has 0 aliphatic carbocycles. The highest BCUT2D eigenvalue weighted by atomic mass is 19.1. The first kappa shape index (κ1) is 11.8. The highest BCUT2D eigenvalue weighted by Crippen LogP contribution is 2.21. The Bertz CT molecular complexity index is 233. The molecule has 1 N–H and O–H groups in total. The van der Waals surface area contributed by atoms with Gasteiger partial charge in [-0.25, -0.2) is 0 Å². The van der Waals surface area contributed by atoms with Crippen LogP contribution in [0.3, 0.4) is 0 Å². The number of alkyl halides is 1. The van der Waals surface area contributed by atoms with Crippen molar-refractivity contribution in [2.45, 2.75) is 25.7 Å². The number of rotatable bonds is 2. The minimum atomic E-state index is -0.229. The topological polar surface area (TPSA) is 32.3 Å². The third-order valence-corrected chi connectivity index (χ3v) is 3.79. The Hall–Kier alpha value is -0.640. The predicted molar refractivity (Wildman–Crippen MR) is 60.9 cm³/mol. The maximum absolute atomic E-state index is 12.4. The van der Waals surface area contributed by atoms with E-state index in [2.05, 4.69) is 5.32 Å². The largest absolute Gasteiger partial charge is 0.342 e. The van der Waals surface area contributed by atoms with Crippen LogP contribution < -0.4 is 5.32 Å². The van der Waals surface area contributed by atoms with Crippen molar-refractivity contribution in [3.63, 3.8) is 0 Å². The molecule has 2 rings (SSSR count). The van der Waals surface area contributed by atoms with E-state index in [1.165, 1.54) is 0 Å². The lowest BCUT2D eigenvalue weighted by Crippen LogP contribution is -2.46. The Morgan fingerprint density at radius 2 is 2.06 bits per heavy atom. The molecule has 0 bridgehead atoms. The second kappa shape index (κ2) is 5.62. The average Bonchev–Trinajstić information content (AvgIpc) is 2.39. The third kappa shape index (κ3) is 2.73. The zero-order valence-corrected chi connectivity index (χ0v) is 9.75. The molecule has 16 heavy (non-hydrogen) atoms. The number of hydrogen-bond acceptors (Lipinski definition) is 2. The van der Waals surface area contributed by atoms with E-state index in [9.17, 15) is 9.18 Å². The third-order valence-electron chi connectivity index (χ3n) is 3.79. The minimum absolute atomic E-state index is 0.163. The van der Waals surface area contributed by atoms with Crippen LogP contribution in [0.4, 0.5) is 4.39 Å². The Kier molecular flexibility index (Phi) is 4.16. The molecule has 0 aromatic heterocycles. The standard InChI is InChI=1S/C12H21FN2O/c13-8-10-3-6-15(7-4-10)12(16)11-2-1-5-14-9-11/h10-11,14H,1-9H2/t11-/m0/s1. The van der Waals surface area contributed by atoms with Gasteiger partial charge in [0.2, 0.25) is 5.91 Å². The van der Waals surface area contributed by atoms with Crippen molar-refractivity contribution in [3.05, 3.63) is 0 Å². The van der Waals surface area contributed by atoms with Crippen LogP contribution in [-0.2, 0) is 4.79 Å². The quantitative estimate of drug-likeness (QED) is 0.770. The molecule has 2 saturated heterocycles. The lowest BCUT2D eigenvalue weighted by atomic mass is 9.94. The fraction of sp³-hybridized carbons (Fsp3) is 0.917. The SMILES string of the molecule is O=C([C@H]1CCCNC1)N1CCC(CF)CC1. The van der Waals surface area contributed by atoms with Crippen LogP contribution in [0.1, 0.15) is 25.7 Å². The van der Waals surface area contributed by atoms with Crippen molar-refractivity contribution in [3.8, 4) is 0 Å². The van der Waals surface area contributed by atoms with Gasteiger partial charge in [-0.15, -0.1) is 0 Å². The number of piperidine rings is 2. The number of amides is 1. The molecular formula is C12H21FN2O. The van der Waals surface area contributed by atoms with Crippen LogP contribution >= 0.6 is 0 Å². The van der Waals surface area contributed by atoms with E-state index in [0.29, 0.717) is 0 Å². The summed E-state index contributed by atoms with van der Waals surface area (Å²) in [5.41, 5.74) is 0. The zero-order valence-electron chi connectivity index (χ0n) is 9.75. The van der Waals surface area contributed by atoms with Gasteiger partial charge < -0.3 is 10.2 Å². The summed E-state index contributed by atoms with van der Waals surface area (Å²) in [5, 5.41) is 3.27. The van der Waals surface area contributed by atoms with Gasteiger partial charge in [-0.1, -0.05) is 0 Å². The number of carbonyl (C=O) groups excluding carboxylic acids is 1. The van der Waals surface area contributed by atoms with E-state index in [4.69, 9.17) is 0 Å². The molecule has 0 aromatic carbocycles. The summed E-state index contributed by atoms with van der Waals surface area (Å²) in [6.07, 6.45) is 3.77. The molecule has 0 radical (unpaired) electrons. The van der Waals surface area contributed by atoms with E-state index < -0.39 is 0 Å². The maximum Gasteiger partial charge on any atom is 0.226 e.